The predicted octanol–water partition coefficient (Wildman–Crippen LogP) is 0.986. The number of hydrogen-bond donors (Lipinski definition) is 3. The predicted molar refractivity (Wildman–Crippen MR) is 73.2 cm³/mol. The molecule has 3 N–H and O–H groups in total. The summed E-state index contributed by atoms with van der Waals surface area (Å²) in [6, 6.07) is -0.585. The fourth-order valence-electron chi connectivity index (χ4n) is 1.63. The molecule has 1 atom stereocenters. The van der Waals surface area contributed by atoms with E-state index in [1.54, 1.807) is 6.92 Å². The average molecular weight is 288 g/mol. The zero-order chi connectivity index (χ0) is 15.8. The van der Waals surface area contributed by atoms with Gasteiger partial charge in [-0.25, -0.2) is 4.79 Å². The smallest absolute Gasteiger partial charge is 0.325 e. The SMILES string of the molecule is CCOC(=O)CNC(=O)NCC(CC(C)(C)C)C(=O)O. The van der Waals surface area contributed by atoms with Crippen molar-refractivity contribution in [1.29, 1.82) is 0 Å². The maximum absolute atomic E-state index is 11.4. The van der Waals surface area contributed by atoms with Crippen molar-refractivity contribution >= 4 is 18.0 Å². The molecule has 0 aromatic heterocycles. The number of amides is 2. The zero-order valence-electron chi connectivity index (χ0n) is 12.5. The van der Waals surface area contributed by atoms with E-state index < -0.39 is 23.9 Å². The van der Waals surface area contributed by atoms with Crippen LogP contribution >= 0.6 is 0 Å². The van der Waals surface area contributed by atoms with Gasteiger partial charge >= 0.3 is 18.0 Å². The van der Waals surface area contributed by atoms with Crippen molar-refractivity contribution in [3.63, 3.8) is 0 Å². The number of carboxylic acids is 1. The summed E-state index contributed by atoms with van der Waals surface area (Å²) in [5, 5.41) is 13.8. The normalized spacial score (nSPS) is 12.4. The van der Waals surface area contributed by atoms with Gasteiger partial charge in [0.2, 0.25) is 0 Å². The van der Waals surface area contributed by atoms with Crippen molar-refractivity contribution < 1.29 is 24.2 Å². The molecule has 20 heavy (non-hydrogen) atoms. The summed E-state index contributed by atoms with van der Waals surface area (Å²) in [7, 11) is 0. The first kappa shape index (κ1) is 18.2. The van der Waals surface area contributed by atoms with Crippen LogP contribution in [0.4, 0.5) is 4.79 Å². The number of carboxylic acid groups (broad SMARTS) is 1. The van der Waals surface area contributed by atoms with E-state index >= 15 is 0 Å². The Labute approximate surface area is 119 Å². The van der Waals surface area contributed by atoms with Gasteiger partial charge in [-0.3, -0.25) is 9.59 Å². The van der Waals surface area contributed by atoms with E-state index in [1.807, 2.05) is 20.8 Å². The summed E-state index contributed by atoms with van der Waals surface area (Å²) in [5.41, 5.74) is -0.147. The molecule has 0 aliphatic heterocycles. The Hall–Kier alpha value is -1.79. The third kappa shape index (κ3) is 9.18. The minimum atomic E-state index is -0.953. The Kier molecular flexibility index (Phi) is 7.64. The van der Waals surface area contributed by atoms with Crippen molar-refractivity contribution in [2.45, 2.75) is 34.1 Å². The number of urea groups is 1. The van der Waals surface area contributed by atoms with E-state index in [1.165, 1.54) is 0 Å². The fraction of sp³-hybridized carbons (Fsp3) is 0.769. The first-order valence-electron chi connectivity index (χ1n) is 6.56. The molecule has 0 bridgehead atoms. The highest BCUT2D eigenvalue weighted by atomic mass is 16.5. The largest absolute Gasteiger partial charge is 0.481 e. The van der Waals surface area contributed by atoms with E-state index in [0.717, 1.165) is 0 Å². The molecular weight excluding hydrogens is 264 g/mol. The van der Waals surface area contributed by atoms with E-state index in [0.29, 0.717) is 6.42 Å². The Balaban J connectivity index is 4.12. The number of carbonyl (C=O) groups is 3. The van der Waals surface area contributed by atoms with Gasteiger partial charge < -0.3 is 20.5 Å². The number of nitrogens with one attached hydrogen (secondary N) is 2. The minimum absolute atomic E-state index is 0.0151. The molecule has 7 heteroatoms. The van der Waals surface area contributed by atoms with E-state index in [9.17, 15) is 14.4 Å². The van der Waals surface area contributed by atoms with Crippen LogP contribution in [-0.2, 0) is 14.3 Å². The van der Waals surface area contributed by atoms with Crippen LogP contribution in [0.5, 0.6) is 0 Å². The number of rotatable bonds is 7. The van der Waals surface area contributed by atoms with Gasteiger partial charge in [-0.05, 0) is 18.8 Å². The molecule has 7 nitrogen and oxygen atoms in total. The van der Waals surface area contributed by atoms with Gasteiger partial charge in [0.15, 0.2) is 0 Å². The Morgan fingerprint density at radius 3 is 2.25 bits per heavy atom. The average Bonchev–Trinajstić information content (AvgIpc) is 2.30. The molecule has 2 amide bonds. The summed E-state index contributed by atoms with van der Waals surface area (Å²) in [5.74, 6) is -2.15. The number of hydrogen-bond acceptors (Lipinski definition) is 4. The van der Waals surface area contributed by atoms with Crippen molar-refractivity contribution in [2.75, 3.05) is 19.7 Å². The maximum Gasteiger partial charge on any atom is 0.325 e. The van der Waals surface area contributed by atoms with Crippen molar-refractivity contribution in [3.8, 4) is 0 Å². The molecule has 0 radical (unpaired) electrons. The minimum Gasteiger partial charge on any atom is -0.481 e. The van der Waals surface area contributed by atoms with Crippen LogP contribution in [0.25, 0.3) is 0 Å². The zero-order valence-corrected chi connectivity index (χ0v) is 12.5. The highest BCUT2D eigenvalue weighted by Crippen LogP contribution is 2.24. The van der Waals surface area contributed by atoms with Crippen molar-refractivity contribution in [3.05, 3.63) is 0 Å². The fourth-order valence-corrected chi connectivity index (χ4v) is 1.63. The molecule has 0 aliphatic carbocycles. The van der Waals surface area contributed by atoms with Gasteiger partial charge in [0, 0.05) is 6.54 Å². The van der Waals surface area contributed by atoms with Gasteiger partial charge in [-0.2, -0.15) is 0 Å². The molecule has 0 rings (SSSR count). The van der Waals surface area contributed by atoms with E-state index in [2.05, 4.69) is 15.4 Å². The summed E-state index contributed by atoms with van der Waals surface area (Å²) < 4.78 is 4.65. The number of ether oxygens (including phenoxy) is 1. The second-order valence-corrected chi connectivity index (χ2v) is 5.67. The molecular formula is C13H24N2O5. The third-order valence-corrected chi connectivity index (χ3v) is 2.42. The molecule has 116 valence electrons. The van der Waals surface area contributed by atoms with Gasteiger partial charge in [0.25, 0.3) is 0 Å². The van der Waals surface area contributed by atoms with E-state index in [4.69, 9.17) is 5.11 Å². The lowest BCUT2D eigenvalue weighted by atomic mass is 9.84. The van der Waals surface area contributed by atoms with Crippen LogP contribution in [0.15, 0.2) is 0 Å². The molecule has 0 fully saturated rings. The van der Waals surface area contributed by atoms with Crippen LogP contribution in [-0.4, -0.2) is 42.8 Å². The van der Waals surface area contributed by atoms with Gasteiger partial charge in [0.05, 0.1) is 12.5 Å². The lowest BCUT2D eigenvalue weighted by Crippen LogP contribution is -2.42. The van der Waals surface area contributed by atoms with Gasteiger partial charge in [-0.15, -0.1) is 0 Å². The lowest BCUT2D eigenvalue weighted by molar-refractivity contribution is -0.143. The summed E-state index contributed by atoms with van der Waals surface area (Å²) in [6.45, 7) is 7.49. The highest BCUT2D eigenvalue weighted by molar-refractivity contribution is 5.81. The lowest BCUT2D eigenvalue weighted by Gasteiger charge is -2.23. The quantitative estimate of drug-likeness (QED) is 0.606. The van der Waals surface area contributed by atoms with Crippen LogP contribution in [0.1, 0.15) is 34.1 Å². The second-order valence-electron chi connectivity index (χ2n) is 5.67. The first-order chi connectivity index (χ1) is 9.15. The van der Waals surface area contributed by atoms with Crippen LogP contribution < -0.4 is 10.6 Å². The molecule has 0 aliphatic rings. The molecule has 0 heterocycles. The Bertz CT molecular complexity index is 349. The van der Waals surface area contributed by atoms with Gasteiger partial charge in [0.1, 0.15) is 6.54 Å². The maximum atomic E-state index is 11.4. The van der Waals surface area contributed by atoms with Crippen LogP contribution in [0.3, 0.4) is 0 Å². The van der Waals surface area contributed by atoms with Crippen LogP contribution in [0, 0.1) is 11.3 Å². The molecule has 1 unspecified atom stereocenters. The third-order valence-electron chi connectivity index (χ3n) is 2.42. The summed E-state index contributed by atoms with van der Waals surface area (Å²) in [6.07, 6.45) is 0.445. The molecule has 0 saturated carbocycles. The van der Waals surface area contributed by atoms with Crippen molar-refractivity contribution in [1.82, 2.24) is 10.6 Å². The number of carbonyl (C=O) groups excluding carboxylic acids is 2. The Morgan fingerprint density at radius 2 is 1.80 bits per heavy atom. The number of esters is 1. The first-order valence-corrected chi connectivity index (χ1v) is 6.56. The standard InChI is InChI=1S/C13H24N2O5/c1-5-20-10(16)8-15-12(19)14-7-9(11(17)18)6-13(2,3)4/h9H,5-8H2,1-4H3,(H,17,18)(H2,14,15,19). The molecule has 0 aromatic rings. The Morgan fingerprint density at radius 1 is 1.20 bits per heavy atom. The van der Waals surface area contributed by atoms with E-state index in [-0.39, 0.29) is 25.1 Å². The summed E-state index contributed by atoms with van der Waals surface area (Å²) >= 11 is 0. The highest BCUT2D eigenvalue weighted by Gasteiger charge is 2.24. The van der Waals surface area contributed by atoms with Crippen LogP contribution in [0.2, 0.25) is 0 Å². The molecule has 0 saturated heterocycles. The topological polar surface area (TPSA) is 105 Å². The molecule has 0 spiro atoms. The number of aliphatic carboxylic acids is 1. The molecule has 0 aromatic carbocycles. The van der Waals surface area contributed by atoms with Crippen molar-refractivity contribution in [2.24, 2.45) is 11.3 Å². The second kappa shape index (κ2) is 8.39. The monoisotopic (exact) mass is 288 g/mol. The summed E-state index contributed by atoms with van der Waals surface area (Å²) in [4.78, 5) is 33.5. The van der Waals surface area contributed by atoms with Gasteiger partial charge in [-0.1, -0.05) is 20.8 Å².